The second-order valence-electron chi connectivity index (χ2n) is 5.08. The molecule has 2 aliphatic rings. The Kier molecular flexibility index (Phi) is 22.0. The Morgan fingerprint density at radius 2 is 1.03 bits per heavy atom. The van der Waals surface area contributed by atoms with E-state index < -0.39 is 23.9 Å². The van der Waals surface area contributed by atoms with E-state index in [4.69, 9.17) is 10.2 Å². The average molecular weight is 458 g/mol. The third kappa shape index (κ3) is 27.9. The molecule has 0 saturated heterocycles. The van der Waals surface area contributed by atoms with Crippen molar-refractivity contribution >= 4 is 47.0 Å². The maximum atomic E-state index is 10.1. The van der Waals surface area contributed by atoms with Crippen molar-refractivity contribution in [1.29, 1.82) is 0 Å². The van der Waals surface area contributed by atoms with Crippen LogP contribution in [-0.2, 0) is 43.1 Å². The molecule has 0 radical (unpaired) electrons. The van der Waals surface area contributed by atoms with Gasteiger partial charge < -0.3 is 14.9 Å². The first kappa shape index (κ1) is 35.2. The normalized spacial score (nSPS) is 12.8. The molecule has 1 aliphatic carbocycles. The number of aliphatic carboxylic acids is 2. The lowest BCUT2D eigenvalue weighted by Crippen LogP contribution is -1.96. The van der Waals surface area contributed by atoms with E-state index in [1.165, 1.54) is 26.0 Å². The quantitative estimate of drug-likeness (QED) is 0.356. The fourth-order valence-corrected chi connectivity index (χ4v) is 1.16. The highest BCUT2D eigenvalue weighted by Gasteiger charge is 2.10. The van der Waals surface area contributed by atoms with Crippen molar-refractivity contribution in [2.24, 2.45) is 0 Å². The molecule has 0 atom stereocenters. The van der Waals surface area contributed by atoms with Gasteiger partial charge in [-0.2, -0.15) is 0 Å². The molecule has 0 aromatic carbocycles. The number of allylic oxidation sites excluding steroid dienone is 4. The Morgan fingerprint density at radius 1 is 0.719 bits per heavy atom. The van der Waals surface area contributed by atoms with Crippen LogP contribution in [0.2, 0.25) is 0 Å². The first-order valence-corrected chi connectivity index (χ1v) is 7.84. The van der Waals surface area contributed by atoms with Crippen molar-refractivity contribution in [2.45, 2.75) is 35.1 Å². The van der Waals surface area contributed by atoms with Crippen LogP contribution in [0.1, 0.15) is 38.0 Å². The fraction of sp³-hybridized carbons (Fsp3) is 0.238. The summed E-state index contributed by atoms with van der Waals surface area (Å²) in [5.41, 5.74) is 0. The minimum Gasteiger partial charge on any atom is -0.478 e. The lowest BCUT2D eigenvalue weighted by molar-refractivity contribution is -0.150. The molecule has 11 heteroatoms. The molecule has 1 heterocycles. The molecule has 2 rings (SSSR count). The Balaban J connectivity index is -0.0000000740. The lowest BCUT2D eigenvalue weighted by Gasteiger charge is -1.80. The molecule has 0 saturated carbocycles. The van der Waals surface area contributed by atoms with Gasteiger partial charge in [-0.1, -0.05) is 14.9 Å². The van der Waals surface area contributed by atoms with E-state index in [1.807, 2.05) is 0 Å². The molecule has 1 aliphatic heterocycles. The average Bonchev–Trinajstić information content (AvgIpc) is 3.19. The lowest BCUT2D eigenvalue weighted by atomic mass is 10.3. The molecule has 180 valence electrons. The van der Waals surface area contributed by atoms with Gasteiger partial charge in [0, 0.05) is 27.2 Å². The zero-order chi connectivity index (χ0) is 23.7. The van der Waals surface area contributed by atoms with Crippen LogP contribution in [0.5, 0.6) is 0 Å². The largest absolute Gasteiger partial charge is 0.478 e. The van der Waals surface area contributed by atoms with Crippen LogP contribution in [0.3, 0.4) is 0 Å². The Bertz CT molecular complexity index is 717. The van der Waals surface area contributed by atoms with Crippen LogP contribution < -0.4 is 0 Å². The third-order valence-electron chi connectivity index (χ3n) is 2.28. The summed E-state index contributed by atoms with van der Waals surface area (Å²) in [6, 6.07) is 0. The minimum absolute atomic E-state index is 0. The van der Waals surface area contributed by atoms with Crippen molar-refractivity contribution in [3.05, 3.63) is 48.6 Å². The SMILES string of the molecule is C.C.CC(=O)/C=C\C(=O)O.CC(=O)/C=C\C(=O)O.O=C1C=CC(=O)C1.O=C1C=CC(=O)O1.[HH].[HH]. The molecule has 11 nitrogen and oxygen atoms in total. The minimum atomic E-state index is -1.10. The maximum absolute atomic E-state index is 10.1. The second-order valence-corrected chi connectivity index (χ2v) is 5.08. The van der Waals surface area contributed by atoms with Crippen LogP contribution in [0.4, 0.5) is 0 Å². The smallest absolute Gasteiger partial charge is 0.338 e. The first-order chi connectivity index (χ1) is 13.8. The van der Waals surface area contributed by atoms with Crippen molar-refractivity contribution in [3.8, 4) is 0 Å². The van der Waals surface area contributed by atoms with Crippen molar-refractivity contribution in [2.75, 3.05) is 0 Å². The summed E-state index contributed by atoms with van der Waals surface area (Å²) in [5.74, 6) is -4.02. The molecule has 0 bridgehead atoms. The molecule has 2 N–H and O–H groups in total. The molecule has 0 unspecified atom stereocenters. The van der Waals surface area contributed by atoms with Gasteiger partial charge in [0.1, 0.15) is 0 Å². The van der Waals surface area contributed by atoms with Gasteiger partial charge in [-0.15, -0.1) is 0 Å². The highest BCUT2D eigenvalue weighted by Crippen LogP contribution is 1.97. The molecule has 32 heavy (non-hydrogen) atoms. The summed E-state index contributed by atoms with van der Waals surface area (Å²) >= 11 is 0. The number of ether oxygens (including phenoxy) is 1. The number of esters is 2. The van der Waals surface area contributed by atoms with Gasteiger partial charge in [-0.05, 0) is 38.2 Å². The summed E-state index contributed by atoms with van der Waals surface area (Å²) in [6.45, 7) is 2.58. The van der Waals surface area contributed by atoms with E-state index in [1.54, 1.807) is 0 Å². The van der Waals surface area contributed by atoms with Crippen molar-refractivity contribution < 1.29 is 56.2 Å². The predicted octanol–water partition coefficient (Wildman–Crippen LogP) is 1.91. The summed E-state index contributed by atoms with van der Waals surface area (Å²) in [7, 11) is 0. The summed E-state index contributed by atoms with van der Waals surface area (Å²) in [6.07, 6.45) is 8.49. The van der Waals surface area contributed by atoms with Gasteiger partial charge in [-0.3, -0.25) is 19.2 Å². The number of carboxylic acids is 2. The van der Waals surface area contributed by atoms with Crippen LogP contribution in [0, 0.1) is 0 Å². The van der Waals surface area contributed by atoms with Crippen LogP contribution in [0.25, 0.3) is 0 Å². The van der Waals surface area contributed by atoms with Gasteiger partial charge in [0.05, 0.1) is 6.42 Å². The number of ketones is 4. The molecule has 0 fully saturated rings. The topological polar surface area (TPSA) is 186 Å². The predicted molar refractivity (Wildman–Crippen MR) is 117 cm³/mol. The molecule has 0 aromatic rings. The molecule has 0 spiro atoms. The van der Waals surface area contributed by atoms with Crippen molar-refractivity contribution in [3.63, 3.8) is 0 Å². The zero-order valence-corrected chi connectivity index (χ0v) is 15.9. The number of carbonyl (C=O) groups is 8. The highest BCUT2D eigenvalue weighted by molar-refractivity contribution is 6.16. The Morgan fingerprint density at radius 3 is 1.12 bits per heavy atom. The van der Waals surface area contributed by atoms with E-state index >= 15 is 0 Å². The Labute approximate surface area is 187 Å². The maximum Gasteiger partial charge on any atom is 0.338 e. The second kappa shape index (κ2) is 20.0. The van der Waals surface area contributed by atoms with Crippen LogP contribution in [0.15, 0.2) is 48.6 Å². The van der Waals surface area contributed by atoms with Gasteiger partial charge in [-0.25, -0.2) is 19.2 Å². The molecule has 0 aromatic heterocycles. The number of hydrogen-bond acceptors (Lipinski definition) is 9. The third-order valence-corrected chi connectivity index (χ3v) is 2.28. The summed E-state index contributed by atoms with van der Waals surface area (Å²) in [4.78, 5) is 79.5. The first-order valence-electron chi connectivity index (χ1n) is 7.84. The van der Waals surface area contributed by atoms with Gasteiger partial charge in [0.2, 0.25) is 0 Å². The number of carbonyl (C=O) groups excluding carboxylic acids is 6. The van der Waals surface area contributed by atoms with E-state index in [9.17, 15) is 38.4 Å². The molecule has 0 amide bonds. The van der Waals surface area contributed by atoms with E-state index in [0.717, 1.165) is 36.5 Å². The standard InChI is InChI=1S/2C5H6O3.C5H4O2.C4H2O3.2CH4.2H2/c2*1-4(6)2-3-5(7)8;6-4-1-2-5(7)3-4;5-3-1-2-4(6)7-3;;;;/h2*2-3H,1H3,(H,7,8);1-2H,3H2;1-2H;2*1H4;2*1H/b2*3-2-;;;;;;. The van der Waals surface area contributed by atoms with E-state index in [2.05, 4.69) is 4.74 Å². The number of carboxylic acid groups (broad SMARTS) is 2. The number of hydrogen-bond donors (Lipinski definition) is 2. The summed E-state index contributed by atoms with van der Waals surface area (Å²) in [5, 5.41) is 15.8. The van der Waals surface area contributed by atoms with Crippen LogP contribution in [-0.4, -0.2) is 57.2 Å². The molecular formula is C21H30O11. The highest BCUT2D eigenvalue weighted by atomic mass is 16.6. The number of rotatable bonds is 4. The monoisotopic (exact) mass is 458 g/mol. The van der Waals surface area contributed by atoms with Crippen LogP contribution >= 0.6 is 0 Å². The molecular weight excluding hydrogens is 428 g/mol. The van der Waals surface area contributed by atoms with Gasteiger partial charge >= 0.3 is 23.9 Å². The fourth-order valence-electron chi connectivity index (χ4n) is 1.16. The van der Waals surface area contributed by atoms with Crippen molar-refractivity contribution in [1.82, 2.24) is 0 Å². The van der Waals surface area contributed by atoms with Gasteiger partial charge in [0.15, 0.2) is 23.1 Å². The van der Waals surface area contributed by atoms with Gasteiger partial charge in [0.25, 0.3) is 0 Å². The Hall–Kier alpha value is -4.28. The summed E-state index contributed by atoms with van der Waals surface area (Å²) < 4.78 is 3.97. The number of cyclic esters (lactones) is 2. The zero-order valence-electron chi connectivity index (χ0n) is 15.9. The van der Waals surface area contributed by atoms with E-state index in [-0.39, 0.29) is 47.3 Å². The van der Waals surface area contributed by atoms with E-state index in [0.29, 0.717) is 0 Å².